The van der Waals surface area contributed by atoms with Crippen LogP contribution in [0, 0.1) is 5.92 Å². The van der Waals surface area contributed by atoms with Gasteiger partial charge in [0, 0.05) is 36.9 Å². The Labute approximate surface area is 208 Å². The number of likely N-dealkylation sites (tertiary alicyclic amines) is 1. The maximum atomic E-state index is 12.2. The van der Waals surface area contributed by atoms with Gasteiger partial charge in [-0.3, -0.25) is 4.79 Å². The number of ether oxygens (including phenoxy) is 2. The molecule has 1 unspecified atom stereocenters. The first-order chi connectivity index (χ1) is 16.8. The SMILES string of the molecule is COc1cccc([C@@]23CC[N+](C)(C)C[C@H]2C(OC(C)=O)C[C@H](Nc2ccc4ccccc4c2)C3)c1. The summed E-state index contributed by atoms with van der Waals surface area (Å²) in [6.45, 7) is 3.61. The average molecular weight is 474 g/mol. The van der Waals surface area contributed by atoms with Crippen LogP contribution in [0.25, 0.3) is 10.8 Å². The van der Waals surface area contributed by atoms with Gasteiger partial charge in [-0.05, 0) is 47.0 Å². The molecule has 2 fully saturated rings. The van der Waals surface area contributed by atoms with E-state index in [1.54, 1.807) is 7.11 Å². The summed E-state index contributed by atoms with van der Waals surface area (Å²) >= 11 is 0. The van der Waals surface area contributed by atoms with Gasteiger partial charge in [0.1, 0.15) is 11.9 Å². The van der Waals surface area contributed by atoms with Crippen LogP contribution in [0.3, 0.4) is 0 Å². The third kappa shape index (κ3) is 4.74. The fourth-order valence-electron chi connectivity index (χ4n) is 6.56. The Balaban J connectivity index is 1.54. The molecule has 2 aliphatic rings. The summed E-state index contributed by atoms with van der Waals surface area (Å²) in [7, 11) is 6.31. The number of nitrogens with zero attached hydrogens (tertiary/aromatic N) is 1. The zero-order valence-electron chi connectivity index (χ0n) is 21.3. The number of quaternary nitrogens is 1. The second-order valence-corrected chi connectivity index (χ2v) is 11.1. The minimum Gasteiger partial charge on any atom is -0.497 e. The smallest absolute Gasteiger partial charge is 0.302 e. The van der Waals surface area contributed by atoms with Crippen LogP contribution in [0.1, 0.15) is 31.7 Å². The molecule has 1 saturated carbocycles. The number of anilines is 1. The van der Waals surface area contributed by atoms with E-state index >= 15 is 0 Å². The second-order valence-electron chi connectivity index (χ2n) is 11.1. The van der Waals surface area contributed by atoms with E-state index < -0.39 is 0 Å². The normalized spacial score (nSPS) is 27.6. The summed E-state index contributed by atoms with van der Waals surface area (Å²) in [6.07, 6.45) is 2.71. The standard InChI is InChI=1S/C30H37N2O3/c1-21(33)35-29-18-26(31-25-13-12-22-8-5-6-9-23(22)16-25)19-30(14-15-32(2,3)20-28(29)30)24-10-7-11-27(17-24)34-4/h5-13,16-17,26,28-29,31H,14-15,18-20H2,1-4H3/q+1/t26-,28-,29?,30-/m0/s1. The number of esters is 1. The molecule has 1 aliphatic carbocycles. The number of piperidine rings is 1. The molecular weight excluding hydrogens is 436 g/mol. The van der Waals surface area contributed by atoms with Gasteiger partial charge >= 0.3 is 5.97 Å². The predicted molar refractivity (Wildman–Crippen MR) is 141 cm³/mol. The Hall–Kier alpha value is -3.05. The van der Waals surface area contributed by atoms with Crippen molar-refractivity contribution in [3.8, 4) is 5.75 Å². The van der Waals surface area contributed by atoms with Crippen LogP contribution in [0.15, 0.2) is 66.7 Å². The van der Waals surface area contributed by atoms with Crippen molar-refractivity contribution in [1.29, 1.82) is 0 Å². The number of fused-ring (bicyclic) bond motifs is 2. The lowest BCUT2D eigenvalue weighted by Gasteiger charge is -2.56. The van der Waals surface area contributed by atoms with Crippen molar-refractivity contribution in [3.63, 3.8) is 0 Å². The Morgan fingerprint density at radius 3 is 2.60 bits per heavy atom. The zero-order valence-corrected chi connectivity index (χ0v) is 21.3. The number of hydrogen-bond acceptors (Lipinski definition) is 4. The van der Waals surface area contributed by atoms with E-state index in [-0.39, 0.29) is 29.4 Å². The summed E-state index contributed by atoms with van der Waals surface area (Å²) in [5.41, 5.74) is 2.32. The number of hydrogen-bond donors (Lipinski definition) is 1. The van der Waals surface area contributed by atoms with E-state index in [9.17, 15) is 4.79 Å². The topological polar surface area (TPSA) is 47.6 Å². The van der Waals surface area contributed by atoms with Crippen LogP contribution in [0.2, 0.25) is 0 Å². The number of benzene rings is 3. The molecule has 1 aliphatic heterocycles. The predicted octanol–water partition coefficient (Wildman–Crippen LogP) is 5.39. The molecule has 0 bridgehead atoms. The maximum absolute atomic E-state index is 12.2. The first kappa shape index (κ1) is 23.7. The van der Waals surface area contributed by atoms with Gasteiger partial charge in [0.2, 0.25) is 0 Å². The molecule has 5 rings (SSSR count). The van der Waals surface area contributed by atoms with Crippen LogP contribution in [0.5, 0.6) is 5.75 Å². The van der Waals surface area contributed by atoms with Gasteiger partial charge in [-0.2, -0.15) is 0 Å². The summed E-state index contributed by atoms with van der Waals surface area (Å²) in [4.78, 5) is 12.2. The minimum atomic E-state index is -0.197. The lowest BCUT2D eigenvalue weighted by Crippen LogP contribution is -2.64. The quantitative estimate of drug-likeness (QED) is 0.399. The molecule has 0 radical (unpaired) electrons. The van der Waals surface area contributed by atoms with Crippen molar-refractivity contribution >= 4 is 22.4 Å². The average Bonchev–Trinajstić information content (AvgIpc) is 2.84. The first-order valence-corrected chi connectivity index (χ1v) is 12.7. The Bertz CT molecular complexity index is 1220. The highest BCUT2D eigenvalue weighted by Gasteiger charge is 2.56. The number of methoxy groups -OCH3 is 1. The molecule has 1 N–H and O–H groups in total. The van der Waals surface area contributed by atoms with Crippen LogP contribution < -0.4 is 10.1 Å². The van der Waals surface area contributed by atoms with Crippen molar-refractivity contribution in [1.82, 2.24) is 0 Å². The molecule has 35 heavy (non-hydrogen) atoms. The van der Waals surface area contributed by atoms with Crippen molar-refractivity contribution in [3.05, 3.63) is 72.3 Å². The molecule has 0 aromatic heterocycles. The van der Waals surface area contributed by atoms with Crippen molar-refractivity contribution in [2.45, 2.75) is 43.7 Å². The largest absolute Gasteiger partial charge is 0.497 e. The van der Waals surface area contributed by atoms with Crippen molar-refractivity contribution in [2.75, 3.05) is 39.6 Å². The summed E-state index contributed by atoms with van der Waals surface area (Å²) in [5.74, 6) is 0.928. The van der Waals surface area contributed by atoms with Crippen molar-refractivity contribution in [2.24, 2.45) is 5.92 Å². The van der Waals surface area contributed by atoms with Gasteiger partial charge < -0.3 is 19.3 Å². The highest BCUT2D eigenvalue weighted by Crippen LogP contribution is 2.51. The minimum absolute atomic E-state index is 0.0881. The van der Waals surface area contributed by atoms with E-state index in [0.717, 1.165) is 48.3 Å². The van der Waals surface area contributed by atoms with Gasteiger partial charge in [0.05, 0.1) is 40.2 Å². The molecule has 1 heterocycles. The summed E-state index contributed by atoms with van der Waals surface area (Å²) in [5, 5.41) is 6.29. The Morgan fingerprint density at radius 2 is 1.83 bits per heavy atom. The molecule has 1 saturated heterocycles. The lowest BCUT2D eigenvalue weighted by molar-refractivity contribution is -0.901. The molecule has 0 amide bonds. The molecule has 0 spiro atoms. The third-order valence-corrected chi connectivity index (χ3v) is 8.22. The summed E-state index contributed by atoms with van der Waals surface area (Å²) in [6, 6.07) is 23.7. The fraction of sp³-hybridized carbons (Fsp3) is 0.433. The van der Waals surface area contributed by atoms with E-state index in [4.69, 9.17) is 9.47 Å². The van der Waals surface area contributed by atoms with Crippen LogP contribution in [0.4, 0.5) is 5.69 Å². The van der Waals surface area contributed by atoms with E-state index in [2.05, 4.69) is 80.1 Å². The number of carbonyl (C=O) groups is 1. The number of nitrogens with one attached hydrogen (secondary N) is 1. The highest BCUT2D eigenvalue weighted by molar-refractivity contribution is 5.85. The second kappa shape index (κ2) is 9.19. The molecule has 5 nitrogen and oxygen atoms in total. The molecule has 3 aromatic rings. The van der Waals surface area contributed by atoms with Gasteiger partial charge in [-0.15, -0.1) is 0 Å². The molecular formula is C30H37N2O3+. The van der Waals surface area contributed by atoms with Crippen LogP contribution in [-0.4, -0.2) is 56.9 Å². The molecule has 4 atom stereocenters. The third-order valence-electron chi connectivity index (χ3n) is 8.22. The van der Waals surface area contributed by atoms with Crippen molar-refractivity contribution < 1.29 is 18.8 Å². The van der Waals surface area contributed by atoms with Gasteiger partial charge in [-0.25, -0.2) is 0 Å². The molecule has 5 heteroatoms. The Morgan fingerprint density at radius 1 is 1.03 bits per heavy atom. The summed E-state index contributed by atoms with van der Waals surface area (Å²) < 4.78 is 12.6. The van der Waals surface area contributed by atoms with Gasteiger partial charge in [-0.1, -0.05) is 42.5 Å². The zero-order chi connectivity index (χ0) is 24.6. The molecule has 184 valence electrons. The fourth-order valence-corrected chi connectivity index (χ4v) is 6.56. The van der Waals surface area contributed by atoms with Gasteiger partial charge in [0.25, 0.3) is 0 Å². The molecule has 3 aromatic carbocycles. The van der Waals surface area contributed by atoms with E-state index in [1.165, 1.54) is 23.3 Å². The highest BCUT2D eigenvalue weighted by atomic mass is 16.5. The monoisotopic (exact) mass is 473 g/mol. The van der Waals surface area contributed by atoms with E-state index in [0.29, 0.717) is 0 Å². The van der Waals surface area contributed by atoms with E-state index in [1.807, 2.05) is 6.07 Å². The van der Waals surface area contributed by atoms with Gasteiger partial charge in [0.15, 0.2) is 0 Å². The number of rotatable bonds is 5. The first-order valence-electron chi connectivity index (χ1n) is 12.7. The van der Waals surface area contributed by atoms with Crippen LogP contribution >= 0.6 is 0 Å². The number of carbonyl (C=O) groups excluding carboxylic acids is 1. The maximum Gasteiger partial charge on any atom is 0.302 e. The lowest BCUT2D eigenvalue weighted by atomic mass is 9.56. The Kier molecular flexibility index (Phi) is 6.22. The van der Waals surface area contributed by atoms with Crippen LogP contribution in [-0.2, 0) is 14.9 Å².